The summed E-state index contributed by atoms with van der Waals surface area (Å²) < 4.78 is 51.7. The summed E-state index contributed by atoms with van der Waals surface area (Å²) >= 11 is -1.65. The molecule has 0 bridgehead atoms. The molecule has 17 heavy (non-hydrogen) atoms. The van der Waals surface area contributed by atoms with Gasteiger partial charge < -0.3 is 4.55 Å². The standard InChI is InChI=1S/C10H9F3N2OS/c1-7(2)17(16)15-6-9-5-8(3-4-14-9)10(11,12)13/h3-6H,1H2,2H3. The first-order valence-electron chi connectivity index (χ1n) is 4.45. The molecule has 7 heteroatoms. The Labute approximate surface area is 99.4 Å². The first kappa shape index (κ1) is 13.7. The molecule has 1 heterocycles. The summed E-state index contributed by atoms with van der Waals surface area (Å²) in [6.45, 7) is 4.92. The average molecular weight is 262 g/mol. The van der Waals surface area contributed by atoms with Gasteiger partial charge in [0, 0.05) is 13.1 Å². The molecule has 0 saturated carbocycles. The van der Waals surface area contributed by atoms with Crippen LogP contribution >= 0.6 is 0 Å². The number of nitrogens with zero attached hydrogens (tertiary/aromatic N) is 2. The molecule has 1 rings (SSSR count). The molecule has 0 aromatic carbocycles. The van der Waals surface area contributed by atoms with E-state index in [1.807, 2.05) is 0 Å². The molecule has 0 aliphatic heterocycles. The van der Waals surface area contributed by atoms with E-state index in [1.54, 1.807) is 0 Å². The molecule has 92 valence electrons. The molecule has 3 nitrogen and oxygen atoms in total. The zero-order valence-electron chi connectivity index (χ0n) is 8.86. The predicted molar refractivity (Wildman–Crippen MR) is 59.8 cm³/mol. The molecule has 0 N–H and O–H groups in total. The lowest BCUT2D eigenvalue weighted by Gasteiger charge is -2.05. The highest BCUT2D eigenvalue weighted by Crippen LogP contribution is 2.28. The highest BCUT2D eigenvalue weighted by atomic mass is 32.2. The minimum atomic E-state index is -4.43. The Balaban J connectivity index is 2.90. The Morgan fingerprint density at radius 2 is 2.24 bits per heavy atom. The van der Waals surface area contributed by atoms with Crippen molar-refractivity contribution in [3.8, 4) is 0 Å². The molecule has 0 aliphatic rings. The Hall–Kier alpha value is -1.34. The van der Waals surface area contributed by atoms with Crippen molar-refractivity contribution in [3.63, 3.8) is 0 Å². The van der Waals surface area contributed by atoms with E-state index >= 15 is 0 Å². The van der Waals surface area contributed by atoms with Gasteiger partial charge in [-0.05, 0) is 18.7 Å². The highest BCUT2D eigenvalue weighted by Gasteiger charge is 2.30. The molecular formula is C10H9F3N2OS. The summed E-state index contributed by atoms with van der Waals surface area (Å²) in [7, 11) is 0. The minimum Gasteiger partial charge on any atom is -0.586 e. The first-order chi connectivity index (χ1) is 7.80. The Morgan fingerprint density at radius 1 is 1.59 bits per heavy atom. The van der Waals surface area contributed by atoms with E-state index in [-0.39, 0.29) is 5.69 Å². The second-order valence-electron chi connectivity index (χ2n) is 3.15. The van der Waals surface area contributed by atoms with Crippen molar-refractivity contribution >= 4 is 17.6 Å². The third kappa shape index (κ3) is 4.20. The number of allylic oxidation sites excluding steroid dienone is 1. The van der Waals surface area contributed by atoms with Crippen LogP contribution in [-0.4, -0.2) is 15.8 Å². The van der Waals surface area contributed by atoms with Gasteiger partial charge in [0.05, 0.1) is 11.3 Å². The van der Waals surface area contributed by atoms with Crippen LogP contribution in [0.15, 0.2) is 34.2 Å². The summed E-state index contributed by atoms with van der Waals surface area (Å²) in [6.07, 6.45) is -2.38. The minimum absolute atomic E-state index is 0.00516. The number of aromatic nitrogens is 1. The summed E-state index contributed by atoms with van der Waals surface area (Å²) in [4.78, 5) is 3.98. The molecular weight excluding hydrogens is 253 g/mol. The van der Waals surface area contributed by atoms with E-state index in [0.29, 0.717) is 4.91 Å². The van der Waals surface area contributed by atoms with E-state index in [4.69, 9.17) is 0 Å². The van der Waals surface area contributed by atoms with Gasteiger partial charge in [-0.1, -0.05) is 4.40 Å². The van der Waals surface area contributed by atoms with Crippen molar-refractivity contribution in [1.29, 1.82) is 0 Å². The van der Waals surface area contributed by atoms with Crippen LogP contribution < -0.4 is 0 Å². The summed E-state index contributed by atoms with van der Waals surface area (Å²) in [5.41, 5.74) is -0.829. The van der Waals surface area contributed by atoms with Crippen LogP contribution in [0.5, 0.6) is 0 Å². The van der Waals surface area contributed by atoms with Crippen molar-refractivity contribution < 1.29 is 17.7 Å². The van der Waals surface area contributed by atoms with Crippen LogP contribution in [0.25, 0.3) is 0 Å². The van der Waals surface area contributed by atoms with E-state index in [0.717, 1.165) is 24.5 Å². The van der Waals surface area contributed by atoms with E-state index < -0.39 is 23.1 Å². The quantitative estimate of drug-likeness (QED) is 0.621. The van der Waals surface area contributed by atoms with Crippen LogP contribution in [0.2, 0.25) is 0 Å². The molecule has 0 amide bonds. The van der Waals surface area contributed by atoms with Crippen molar-refractivity contribution in [2.75, 3.05) is 0 Å². The fourth-order valence-corrected chi connectivity index (χ4v) is 1.27. The van der Waals surface area contributed by atoms with E-state index in [1.165, 1.54) is 6.92 Å². The predicted octanol–water partition coefficient (Wildman–Crippen LogP) is 2.72. The molecule has 0 aliphatic carbocycles. The molecule has 1 atom stereocenters. The monoisotopic (exact) mass is 262 g/mol. The zero-order chi connectivity index (χ0) is 13.1. The maximum absolute atomic E-state index is 12.3. The van der Waals surface area contributed by atoms with Gasteiger partial charge in [-0.25, -0.2) is 0 Å². The second-order valence-corrected chi connectivity index (χ2v) is 4.56. The SMILES string of the molecule is C=C(C)[S+]([O-])N=Cc1cc(C(F)(F)F)ccn1. The highest BCUT2D eigenvalue weighted by molar-refractivity contribution is 7.94. The fourth-order valence-electron chi connectivity index (χ4n) is 0.887. The molecule has 1 unspecified atom stereocenters. The number of hydrogen-bond acceptors (Lipinski definition) is 3. The molecule has 1 aromatic heterocycles. The lowest BCUT2D eigenvalue weighted by Crippen LogP contribution is -2.06. The third-order valence-electron chi connectivity index (χ3n) is 1.69. The van der Waals surface area contributed by atoms with Gasteiger partial charge in [-0.2, -0.15) is 13.2 Å². The number of pyridine rings is 1. The lowest BCUT2D eigenvalue weighted by atomic mass is 10.2. The molecule has 1 aromatic rings. The largest absolute Gasteiger partial charge is 0.586 e. The summed E-state index contributed by atoms with van der Waals surface area (Å²) in [5.74, 6) is 0. The van der Waals surface area contributed by atoms with Gasteiger partial charge >= 0.3 is 6.18 Å². The van der Waals surface area contributed by atoms with Gasteiger partial charge in [0.15, 0.2) is 0 Å². The van der Waals surface area contributed by atoms with Crippen LogP contribution in [-0.2, 0) is 17.5 Å². The second kappa shape index (κ2) is 5.33. The fraction of sp³-hybridized carbons (Fsp3) is 0.200. The van der Waals surface area contributed by atoms with Crippen LogP contribution in [0.1, 0.15) is 18.2 Å². The van der Waals surface area contributed by atoms with Crippen molar-refractivity contribution in [2.24, 2.45) is 4.40 Å². The molecule has 0 fully saturated rings. The van der Waals surface area contributed by atoms with Gasteiger partial charge in [0.1, 0.15) is 22.5 Å². The number of hydrogen-bond donors (Lipinski definition) is 0. The van der Waals surface area contributed by atoms with Gasteiger partial charge in [-0.15, -0.1) is 0 Å². The Kier molecular flexibility index (Phi) is 4.30. The Bertz CT molecular complexity index is 445. The van der Waals surface area contributed by atoms with Crippen molar-refractivity contribution in [3.05, 3.63) is 41.1 Å². The number of rotatable bonds is 3. The summed E-state index contributed by atoms with van der Waals surface area (Å²) in [5, 5.41) is 0. The van der Waals surface area contributed by atoms with Gasteiger partial charge in [0.25, 0.3) is 0 Å². The number of alkyl halides is 3. The summed E-state index contributed by atoms with van der Waals surface area (Å²) in [6, 6.07) is 1.69. The van der Waals surface area contributed by atoms with Crippen LogP contribution in [0.3, 0.4) is 0 Å². The average Bonchev–Trinajstić information content (AvgIpc) is 2.25. The maximum Gasteiger partial charge on any atom is 0.416 e. The molecule has 0 spiro atoms. The maximum atomic E-state index is 12.3. The van der Waals surface area contributed by atoms with E-state index in [9.17, 15) is 17.7 Å². The van der Waals surface area contributed by atoms with Crippen LogP contribution in [0.4, 0.5) is 13.2 Å². The number of halogens is 3. The van der Waals surface area contributed by atoms with Crippen molar-refractivity contribution in [2.45, 2.75) is 13.1 Å². The smallest absolute Gasteiger partial charge is 0.416 e. The lowest BCUT2D eigenvalue weighted by molar-refractivity contribution is -0.137. The van der Waals surface area contributed by atoms with E-state index in [2.05, 4.69) is 16.0 Å². The Morgan fingerprint density at radius 3 is 2.76 bits per heavy atom. The van der Waals surface area contributed by atoms with Crippen molar-refractivity contribution in [1.82, 2.24) is 4.98 Å². The van der Waals surface area contributed by atoms with Gasteiger partial charge in [-0.3, -0.25) is 4.98 Å². The normalized spacial score (nSPS) is 13.9. The van der Waals surface area contributed by atoms with Gasteiger partial charge in [0.2, 0.25) is 0 Å². The molecule has 0 saturated heterocycles. The topological polar surface area (TPSA) is 48.3 Å². The third-order valence-corrected chi connectivity index (χ3v) is 2.58. The first-order valence-corrected chi connectivity index (χ1v) is 5.56. The van der Waals surface area contributed by atoms with Crippen LogP contribution in [0, 0.1) is 0 Å². The zero-order valence-corrected chi connectivity index (χ0v) is 9.68. The molecule has 0 radical (unpaired) electrons.